The number of hydrogen-bond donors (Lipinski definition) is 1. The van der Waals surface area contributed by atoms with Crippen LogP contribution in [0.2, 0.25) is 0 Å². The van der Waals surface area contributed by atoms with E-state index in [1.807, 2.05) is 0 Å². The van der Waals surface area contributed by atoms with Crippen molar-refractivity contribution in [3.8, 4) is 0 Å². The first-order valence-corrected chi connectivity index (χ1v) is 3.64. The van der Waals surface area contributed by atoms with Crippen molar-refractivity contribution in [3.05, 3.63) is 46.3 Å². The lowest BCUT2D eigenvalue weighted by atomic mass is 10.1. The molecule has 0 aliphatic carbocycles. The van der Waals surface area contributed by atoms with Crippen LogP contribution in [0.15, 0.2) is 35.4 Å². The third-order valence-electron chi connectivity index (χ3n) is 1.55. The fourth-order valence-electron chi connectivity index (χ4n) is 0.975. The molecule has 2 N–H and O–H groups in total. The molecule has 0 spiro atoms. The lowest BCUT2D eigenvalue weighted by Gasteiger charge is -2.05. The van der Waals surface area contributed by atoms with Crippen molar-refractivity contribution < 1.29 is 4.79 Å². The van der Waals surface area contributed by atoms with E-state index in [0.29, 0.717) is 5.56 Å². The lowest BCUT2D eigenvalue weighted by Crippen LogP contribution is -2.19. The van der Waals surface area contributed by atoms with Gasteiger partial charge in [-0.1, -0.05) is 35.4 Å². The summed E-state index contributed by atoms with van der Waals surface area (Å²) >= 11 is 0. The van der Waals surface area contributed by atoms with Gasteiger partial charge in [-0.05, 0) is 11.1 Å². The first-order valence-electron chi connectivity index (χ1n) is 3.64. The molecule has 1 rings (SSSR count). The summed E-state index contributed by atoms with van der Waals surface area (Å²) in [5.41, 5.74) is 13.9. The van der Waals surface area contributed by atoms with Crippen LogP contribution in [0.3, 0.4) is 0 Å². The molecule has 5 heteroatoms. The van der Waals surface area contributed by atoms with Crippen LogP contribution < -0.4 is 5.73 Å². The van der Waals surface area contributed by atoms with Gasteiger partial charge in [-0.3, -0.25) is 4.79 Å². The molecule has 0 aliphatic heterocycles. The average molecular weight is 176 g/mol. The number of nitrogens with zero attached hydrogens (tertiary/aromatic N) is 3. The van der Waals surface area contributed by atoms with Crippen molar-refractivity contribution in [2.24, 2.45) is 10.8 Å². The van der Waals surface area contributed by atoms with E-state index in [-0.39, 0.29) is 0 Å². The Morgan fingerprint density at radius 3 is 2.54 bits per heavy atom. The molecule has 0 heterocycles. The van der Waals surface area contributed by atoms with Gasteiger partial charge in [0, 0.05) is 4.91 Å². The normalized spacial score (nSPS) is 11.4. The summed E-state index contributed by atoms with van der Waals surface area (Å²) in [5, 5.41) is 3.30. The minimum absolute atomic E-state index is 0.604. The molecule has 0 radical (unpaired) electrons. The number of rotatable bonds is 3. The summed E-state index contributed by atoms with van der Waals surface area (Å²) in [6.45, 7) is 0. The Hall–Kier alpha value is -2.00. The Balaban J connectivity index is 3.02. The van der Waals surface area contributed by atoms with Crippen LogP contribution in [0, 0.1) is 0 Å². The van der Waals surface area contributed by atoms with Gasteiger partial charge in [-0.2, -0.15) is 0 Å². The van der Waals surface area contributed by atoms with E-state index in [0.717, 1.165) is 0 Å². The van der Waals surface area contributed by atoms with Gasteiger partial charge in [0.05, 0.1) is 0 Å². The number of hydrogen-bond acceptors (Lipinski definition) is 2. The number of nitrogens with two attached hydrogens (primary N) is 1. The maximum Gasteiger partial charge on any atom is 0.230 e. The molecule has 0 aromatic heterocycles. The number of azide groups is 1. The van der Waals surface area contributed by atoms with E-state index >= 15 is 0 Å². The van der Waals surface area contributed by atoms with Gasteiger partial charge in [0.1, 0.15) is 6.04 Å². The second-order valence-corrected chi connectivity index (χ2v) is 2.42. The van der Waals surface area contributed by atoms with Gasteiger partial charge in [-0.25, -0.2) is 0 Å². The van der Waals surface area contributed by atoms with Gasteiger partial charge >= 0.3 is 0 Å². The van der Waals surface area contributed by atoms with E-state index in [1.165, 1.54) is 0 Å². The van der Waals surface area contributed by atoms with Crippen molar-refractivity contribution in [2.75, 3.05) is 0 Å². The average Bonchev–Trinajstić information content (AvgIpc) is 2.15. The van der Waals surface area contributed by atoms with Crippen molar-refractivity contribution in [1.29, 1.82) is 0 Å². The highest BCUT2D eigenvalue weighted by Crippen LogP contribution is 2.16. The lowest BCUT2D eigenvalue weighted by molar-refractivity contribution is -0.119. The molecule has 0 aliphatic rings. The Bertz CT molecular complexity index is 340. The van der Waals surface area contributed by atoms with Crippen LogP contribution in [0.4, 0.5) is 0 Å². The van der Waals surface area contributed by atoms with Gasteiger partial charge in [0.2, 0.25) is 5.91 Å². The van der Waals surface area contributed by atoms with E-state index in [1.54, 1.807) is 30.3 Å². The first kappa shape index (κ1) is 9.09. The van der Waals surface area contributed by atoms with Gasteiger partial charge in [-0.15, -0.1) is 0 Å². The number of primary amides is 1. The summed E-state index contributed by atoms with van der Waals surface area (Å²) in [7, 11) is 0. The number of carbonyl (C=O) groups is 1. The third kappa shape index (κ3) is 2.21. The molecular weight excluding hydrogens is 168 g/mol. The molecule has 0 bridgehead atoms. The van der Waals surface area contributed by atoms with Crippen molar-refractivity contribution in [3.63, 3.8) is 0 Å². The van der Waals surface area contributed by atoms with Crippen LogP contribution >= 0.6 is 0 Å². The first-order chi connectivity index (χ1) is 6.25. The van der Waals surface area contributed by atoms with Crippen LogP contribution in [-0.4, -0.2) is 5.91 Å². The second kappa shape index (κ2) is 4.13. The summed E-state index contributed by atoms with van der Waals surface area (Å²) in [6.07, 6.45) is 0. The van der Waals surface area contributed by atoms with E-state index in [9.17, 15) is 4.79 Å². The Labute approximate surface area is 74.8 Å². The van der Waals surface area contributed by atoms with Gasteiger partial charge in [0.15, 0.2) is 0 Å². The summed E-state index contributed by atoms with van der Waals surface area (Å²) < 4.78 is 0. The monoisotopic (exact) mass is 176 g/mol. The molecule has 1 atom stereocenters. The number of carbonyl (C=O) groups excluding carboxylic acids is 1. The van der Waals surface area contributed by atoms with Crippen molar-refractivity contribution in [1.82, 2.24) is 0 Å². The van der Waals surface area contributed by atoms with Gasteiger partial charge in [0.25, 0.3) is 0 Å². The van der Waals surface area contributed by atoms with Gasteiger partial charge < -0.3 is 5.73 Å². The number of benzene rings is 1. The fraction of sp³-hybridized carbons (Fsp3) is 0.125. The third-order valence-corrected chi connectivity index (χ3v) is 1.55. The zero-order valence-corrected chi connectivity index (χ0v) is 6.79. The predicted molar refractivity (Wildman–Crippen MR) is 47.5 cm³/mol. The smallest absolute Gasteiger partial charge is 0.230 e. The maximum absolute atomic E-state index is 10.8. The van der Waals surface area contributed by atoms with Crippen LogP contribution in [0.25, 0.3) is 10.4 Å². The predicted octanol–water partition coefficient (Wildman–Crippen LogP) is 1.52. The highest BCUT2D eigenvalue weighted by atomic mass is 16.1. The molecule has 0 saturated carbocycles. The molecule has 1 aromatic carbocycles. The minimum Gasteiger partial charge on any atom is -0.369 e. The summed E-state index contributed by atoms with van der Waals surface area (Å²) in [5.74, 6) is -0.649. The largest absolute Gasteiger partial charge is 0.369 e. The zero-order valence-electron chi connectivity index (χ0n) is 6.79. The molecule has 66 valence electrons. The standard InChI is InChI=1S/C8H8N4O/c9-8(13)7(11-12-10)6-4-2-1-3-5-6/h1-5,7H,(H2,9,13)/t7-/m0/s1. The Morgan fingerprint density at radius 2 is 2.08 bits per heavy atom. The SMILES string of the molecule is [N-]=[N+]=N[C@H](C(N)=O)c1ccccc1. The molecule has 0 saturated heterocycles. The summed E-state index contributed by atoms with van der Waals surface area (Å²) in [4.78, 5) is 13.4. The van der Waals surface area contributed by atoms with Crippen molar-refractivity contribution >= 4 is 5.91 Å². The van der Waals surface area contributed by atoms with E-state index in [4.69, 9.17) is 11.3 Å². The second-order valence-electron chi connectivity index (χ2n) is 2.42. The highest BCUT2D eigenvalue weighted by molar-refractivity contribution is 5.81. The number of amides is 1. The highest BCUT2D eigenvalue weighted by Gasteiger charge is 2.14. The maximum atomic E-state index is 10.8. The van der Waals surface area contributed by atoms with Crippen LogP contribution in [0.5, 0.6) is 0 Å². The molecule has 0 unspecified atom stereocenters. The minimum atomic E-state index is -0.911. The van der Waals surface area contributed by atoms with Crippen molar-refractivity contribution in [2.45, 2.75) is 6.04 Å². The Morgan fingerprint density at radius 1 is 1.46 bits per heavy atom. The topological polar surface area (TPSA) is 91.8 Å². The zero-order chi connectivity index (χ0) is 9.68. The van der Waals surface area contributed by atoms with Crippen LogP contribution in [-0.2, 0) is 4.79 Å². The molecule has 5 nitrogen and oxygen atoms in total. The molecular formula is C8H8N4O. The molecule has 13 heavy (non-hydrogen) atoms. The molecule has 0 fully saturated rings. The summed E-state index contributed by atoms with van der Waals surface area (Å²) in [6, 6.07) is 7.76. The molecule has 1 aromatic rings. The van der Waals surface area contributed by atoms with E-state index in [2.05, 4.69) is 10.0 Å². The quantitative estimate of drug-likeness (QED) is 0.422. The molecule has 1 amide bonds. The van der Waals surface area contributed by atoms with Crippen LogP contribution in [0.1, 0.15) is 11.6 Å². The van der Waals surface area contributed by atoms with E-state index < -0.39 is 11.9 Å². The fourth-order valence-corrected chi connectivity index (χ4v) is 0.975. The Kier molecular flexibility index (Phi) is 2.89.